The maximum atomic E-state index is 15.4. The molecule has 0 radical (unpaired) electrons. The number of hydrogen-bond donors (Lipinski definition) is 3. The molecule has 0 spiro atoms. The van der Waals surface area contributed by atoms with Crippen molar-refractivity contribution in [1.29, 1.82) is 0 Å². The number of aryl methyl sites for hydroxylation is 1. The lowest BCUT2D eigenvalue weighted by Crippen LogP contribution is -2.50. The zero-order valence-electron chi connectivity index (χ0n) is 24.2. The second kappa shape index (κ2) is 12.9. The van der Waals surface area contributed by atoms with Crippen LogP contribution in [0, 0.1) is 23.6 Å². The van der Waals surface area contributed by atoms with E-state index < -0.39 is 71.9 Å². The van der Waals surface area contributed by atoms with Gasteiger partial charge in [-0.15, -0.1) is 13.2 Å². The number of aliphatic hydroxyl groups is 1. The number of benzene rings is 1. The maximum Gasteiger partial charge on any atom is 0.573 e. The summed E-state index contributed by atoms with van der Waals surface area (Å²) in [5.74, 6) is -5.21. The largest absolute Gasteiger partial charge is 0.573 e. The second-order valence-electron chi connectivity index (χ2n) is 11.4. The number of nitrogens with zero attached hydrogens (tertiary/aromatic N) is 3. The molecule has 2 aliphatic rings. The first-order valence-electron chi connectivity index (χ1n) is 14.2. The first kappa shape index (κ1) is 33.5. The third kappa shape index (κ3) is 8.40. The Bertz CT molecular complexity index is 1330. The normalized spacial score (nSPS) is 17.8. The van der Waals surface area contributed by atoms with E-state index in [0.29, 0.717) is 23.6 Å². The maximum absolute atomic E-state index is 15.4. The average Bonchev–Trinajstić information content (AvgIpc) is 3.86. The summed E-state index contributed by atoms with van der Waals surface area (Å²) in [5, 5.41) is 19.5. The fourth-order valence-electron chi connectivity index (χ4n) is 5.58. The SMILES string of the molecule is CCn1nccc1C(=O)N[C@H](C(=O)Nc1cc(OC(F)(F)F)c(C(C)C(O)N(C)CC(F)(F)F)cc1F)C(C1CC1)C1CC1. The number of carbonyl (C=O) groups is 2. The van der Waals surface area contributed by atoms with E-state index in [9.17, 15) is 41.0 Å². The molecule has 2 saturated carbocycles. The van der Waals surface area contributed by atoms with E-state index in [-0.39, 0.29) is 23.4 Å². The van der Waals surface area contributed by atoms with Crippen molar-refractivity contribution in [2.75, 3.05) is 18.9 Å². The van der Waals surface area contributed by atoms with Gasteiger partial charge in [-0.25, -0.2) is 4.39 Å². The summed E-state index contributed by atoms with van der Waals surface area (Å²) in [4.78, 5) is 27.3. The van der Waals surface area contributed by atoms with E-state index in [1.54, 1.807) is 6.92 Å². The van der Waals surface area contributed by atoms with Crippen molar-refractivity contribution in [3.8, 4) is 5.75 Å². The highest BCUT2D eigenvalue weighted by molar-refractivity contribution is 6.01. The lowest BCUT2D eigenvalue weighted by molar-refractivity contribution is -0.275. The Morgan fingerprint density at radius 2 is 1.75 bits per heavy atom. The van der Waals surface area contributed by atoms with Crippen LogP contribution in [0.25, 0.3) is 0 Å². The van der Waals surface area contributed by atoms with Gasteiger partial charge in [-0.2, -0.15) is 18.3 Å². The van der Waals surface area contributed by atoms with Crippen molar-refractivity contribution < 1.29 is 50.2 Å². The Morgan fingerprint density at radius 3 is 2.27 bits per heavy atom. The molecule has 44 heavy (non-hydrogen) atoms. The monoisotopic (exact) mass is 637 g/mol. The Balaban J connectivity index is 1.64. The van der Waals surface area contributed by atoms with E-state index in [1.165, 1.54) is 16.9 Å². The van der Waals surface area contributed by atoms with Crippen molar-refractivity contribution in [2.24, 2.45) is 17.8 Å². The molecule has 2 fully saturated rings. The number of hydrogen-bond acceptors (Lipinski definition) is 6. The fourth-order valence-corrected chi connectivity index (χ4v) is 5.58. The number of amides is 2. The third-order valence-electron chi connectivity index (χ3n) is 7.94. The molecule has 3 atom stereocenters. The number of nitrogens with one attached hydrogen (secondary N) is 2. The van der Waals surface area contributed by atoms with Crippen LogP contribution in [0.15, 0.2) is 24.4 Å². The number of carbonyl (C=O) groups excluding carboxylic acids is 2. The van der Waals surface area contributed by atoms with E-state index in [2.05, 4.69) is 20.5 Å². The van der Waals surface area contributed by atoms with E-state index in [4.69, 9.17) is 0 Å². The smallest absolute Gasteiger partial charge is 0.405 e. The number of alkyl halides is 6. The van der Waals surface area contributed by atoms with Gasteiger partial charge in [-0.3, -0.25) is 19.2 Å². The number of aromatic nitrogens is 2. The molecule has 1 heterocycles. The molecule has 2 unspecified atom stereocenters. The molecule has 3 N–H and O–H groups in total. The molecule has 2 aliphatic carbocycles. The van der Waals surface area contributed by atoms with Crippen LogP contribution < -0.4 is 15.4 Å². The summed E-state index contributed by atoms with van der Waals surface area (Å²) in [5.41, 5.74) is -1.09. The van der Waals surface area contributed by atoms with Crippen molar-refractivity contribution in [3.05, 3.63) is 41.5 Å². The van der Waals surface area contributed by atoms with E-state index in [0.717, 1.165) is 39.7 Å². The molecule has 0 bridgehead atoms. The molecule has 0 saturated heterocycles. The first-order chi connectivity index (χ1) is 20.5. The molecule has 0 aliphatic heterocycles. The van der Waals surface area contributed by atoms with Gasteiger partial charge in [0.1, 0.15) is 29.5 Å². The van der Waals surface area contributed by atoms with Crippen molar-refractivity contribution in [1.82, 2.24) is 20.0 Å². The lowest BCUT2D eigenvalue weighted by Gasteiger charge is -2.30. The van der Waals surface area contributed by atoms with Gasteiger partial charge in [-0.1, -0.05) is 6.92 Å². The molecule has 9 nitrogen and oxygen atoms in total. The summed E-state index contributed by atoms with van der Waals surface area (Å²) in [7, 11) is 0.905. The summed E-state index contributed by atoms with van der Waals surface area (Å²) in [6.45, 7) is 1.67. The quantitative estimate of drug-likeness (QED) is 0.210. The highest BCUT2D eigenvalue weighted by Gasteiger charge is 2.48. The van der Waals surface area contributed by atoms with Crippen molar-refractivity contribution >= 4 is 17.5 Å². The van der Waals surface area contributed by atoms with Crippen LogP contribution in [-0.4, -0.2) is 70.0 Å². The number of aliphatic hydroxyl groups excluding tert-OH is 1. The Kier molecular flexibility index (Phi) is 9.83. The molecule has 244 valence electrons. The van der Waals surface area contributed by atoms with Gasteiger partial charge in [0.2, 0.25) is 5.91 Å². The van der Waals surface area contributed by atoms with Gasteiger partial charge >= 0.3 is 12.5 Å². The summed E-state index contributed by atoms with van der Waals surface area (Å²) in [6, 6.07) is 1.46. The molecule has 1 aromatic heterocycles. The topological polar surface area (TPSA) is 109 Å². The van der Waals surface area contributed by atoms with Crippen LogP contribution in [0.1, 0.15) is 61.5 Å². The highest BCUT2D eigenvalue weighted by atomic mass is 19.4. The minimum absolute atomic E-state index is 0.127. The summed E-state index contributed by atoms with van der Waals surface area (Å²) in [6.07, 6.45) is -7.27. The highest BCUT2D eigenvalue weighted by Crippen LogP contribution is 2.51. The molecule has 2 aromatic rings. The van der Waals surface area contributed by atoms with Crippen molar-refractivity contribution in [2.45, 2.75) is 76.8 Å². The standard InChI is InChI=1S/C28H34F7N5O4/c1-4-40-20(9-10-36-40)24(41)38-23(22(15-5-6-15)16-7-8-16)25(42)37-19-12-21(44-28(33,34)35)17(11-18(19)29)14(2)26(43)39(3)13-27(30,31)32/h9-12,14-16,22-23,26,43H,4-8,13H2,1-3H3,(H,37,42)(H,38,41)/t14?,23-,26?/m0/s1. The number of halogens is 7. The number of likely N-dealkylation sites (N-methyl/N-ethyl adjacent to an activating group) is 1. The minimum atomic E-state index is -5.29. The summed E-state index contributed by atoms with van der Waals surface area (Å²) >= 11 is 0. The van der Waals surface area contributed by atoms with Crippen LogP contribution in [-0.2, 0) is 11.3 Å². The van der Waals surface area contributed by atoms with Gasteiger partial charge < -0.3 is 20.5 Å². The van der Waals surface area contributed by atoms with E-state index in [1.807, 2.05) is 0 Å². The molecule has 16 heteroatoms. The van der Waals surface area contributed by atoms with Crippen molar-refractivity contribution in [3.63, 3.8) is 0 Å². The second-order valence-corrected chi connectivity index (χ2v) is 11.4. The fraction of sp³-hybridized carbons (Fsp3) is 0.607. The van der Waals surface area contributed by atoms with Gasteiger partial charge in [0.05, 0.1) is 12.2 Å². The summed E-state index contributed by atoms with van der Waals surface area (Å²) < 4.78 is 99.4. The molecular formula is C28H34F7N5O4. The van der Waals surface area contributed by atoms with Crippen LogP contribution in [0.3, 0.4) is 0 Å². The molecular weight excluding hydrogens is 603 g/mol. The van der Waals surface area contributed by atoms with Gasteiger partial charge in [0, 0.05) is 30.3 Å². The predicted molar refractivity (Wildman–Crippen MR) is 143 cm³/mol. The number of rotatable bonds is 13. The number of anilines is 1. The van der Waals surface area contributed by atoms with Crippen LogP contribution in [0.5, 0.6) is 5.75 Å². The van der Waals surface area contributed by atoms with Crippen LogP contribution in [0.4, 0.5) is 36.4 Å². The van der Waals surface area contributed by atoms with Gasteiger partial charge in [0.15, 0.2) is 0 Å². The van der Waals surface area contributed by atoms with Crippen LogP contribution >= 0.6 is 0 Å². The first-order valence-corrected chi connectivity index (χ1v) is 14.2. The molecule has 1 aromatic carbocycles. The Hall–Kier alpha value is -3.40. The minimum Gasteiger partial charge on any atom is -0.405 e. The Morgan fingerprint density at radius 1 is 1.14 bits per heavy atom. The average molecular weight is 638 g/mol. The molecule has 2 amide bonds. The van der Waals surface area contributed by atoms with E-state index >= 15 is 4.39 Å². The Labute approximate surface area is 248 Å². The zero-order chi connectivity index (χ0) is 32.6. The van der Waals surface area contributed by atoms with Gasteiger partial charge in [-0.05, 0) is 69.5 Å². The third-order valence-corrected chi connectivity index (χ3v) is 7.94. The lowest BCUT2D eigenvalue weighted by atomic mass is 9.88. The number of ether oxygens (including phenoxy) is 1. The predicted octanol–water partition coefficient (Wildman–Crippen LogP) is 5.03. The zero-order valence-corrected chi connectivity index (χ0v) is 24.2. The van der Waals surface area contributed by atoms with Gasteiger partial charge in [0.25, 0.3) is 5.91 Å². The van der Waals surface area contributed by atoms with Crippen LogP contribution in [0.2, 0.25) is 0 Å². The molecule has 4 rings (SSSR count).